The standard InChI is InChI=1S/C22H19NO3/c1-25-20-15-19(16-9-5-3-6-10-16)18(13-14-21(24)26-2)22(23-20)17-11-7-4-8-12-17/h3-15H,1-2H3/b14-13-. The number of aromatic nitrogens is 1. The lowest BCUT2D eigenvalue weighted by Gasteiger charge is -2.14. The SMILES string of the molecule is COC(=O)/C=C\c1c(-c2ccccc2)cc(OC)nc1-c1ccccc1. The van der Waals surface area contributed by atoms with Gasteiger partial charge < -0.3 is 9.47 Å². The van der Waals surface area contributed by atoms with E-state index in [0.29, 0.717) is 5.88 Å². The van der Waals surface area contributed by atoms with E-state index < -0.39 is 5.97 Å². The Morgan fingerprint density at radius 1 is 0.923 bits per heavy atom. The molecule has 0 radical (unpaired) electrons. The van der Waals surface area contributed by atoms with Gasteiger partial charge in [-0.25, -0.2) is 9.78 Å². The van der Waals surface area contributed by atoms with Crippen molar-refractivity contribution in [3.8, 4) is 28.3 Å². The lowest BCUT2D eigenvalue weighted by atomic mass is 9.95. The Hall–Kier alpha value is -3.40. The van der Waals surface area contributed by atoms with Crippen LogP contribution in [0.15, 0.2) is 72.8 Å². The van der Waals surface area contributed by atoms with Crippen molar-refractivity contribution < 1.29 is 14.3 Å². The van der Waals surface area contributed by atoms with Crippen LogP contribution < -0.4 is 4.74 Å². The fourth-order valence-corrected chi connectivity index (χ4v) is 2.70. The van der Waals surface area contributed by atoms with Crippen LogP contribution in [0.1, 0.15) is 5.56 Å². The Morgan fingerprint density at radius 2 is 1.54 bits per heavy atom. The molecular weight excluding hydrogens is 326 g/mol. The third kappa shape index (κ3) is 3.81. The van der Waals surface area contributed by atoms with E-state index in [2.05, 4.69) is 4.98 Å². The number of ether oxygens (including phenoxy) is 2. The molecule has 0 bridgehead atoms. The predicted octanol–water partition coefficient (Wildman–Crippen LogP) is 4.61. The van der Waals surface area contributed by atoms with E-state index >= 15 is 0 Å². The van der Waals surface area contributed by atoms with Crippen LogP contribution in [0.5, 0.6) is 5.88 Å². The highest BCUT2D eigenvalue weighted by Crippen LogP contribution is 2.35. The van der Waals surface area contributed by atoms with Crippen LogP contribution >= 0.6 is 0 Å². The second kappa shape index (κ2) is 8.12. The summed E-state index contributed by atoms with van der Waals surface area (Å²) in [6.45, 7) is 0. The third-order valence-electron chi connectivity index (χ3n) is 3.96. The Morgan fingerprint density at radius 3 is 2.12 bits per heavy atom. The normalized spacial score (nSPS) is 10.7. The van der Waals surface area contributed by atoms with E-state index in [9.17, 15) is 4.79 Å². The van der Waals surface area contributed by atoms with Gasteiger partial charge in [0.15, 0.2) is 0 Å². The molecule has 0 amide bonds. The Bertz CT molecular complexity index is 858. The molecule has 4 nitrogen and oxygen atoms in total. The van der Waals surface area contributed by atoms with Gasteiger partial charge in [0.2, 0.25) is 5.88 Å². The van der Waals surface area contributed by atoms with E-state index in [1.54, 1.807) is 13.2 Å². The molecule has 0 fully saturated rings. The lowest BCUT2D eigenvalue weighted by Crippen LogP contribution is -1.98. The number of rotatable bonds is 5. The number of hydrogen-bond donors (Lipinski definition) is 0. The van der Waals surface area contributed by atoms with Gasteiger partial charge in [-0.2, -0.15) is 0 Å². The smallest absolute Gasteiger partial charge is 0.330 e. The van der Waals surface area contributed by atoms with Gasteiger partial charge in [-0.1, -0.05) is 60.7 Å². The van der Waals surface area contributed by atoms with Gasteiger partial charge >= 0.3 is 5.97 Å². The van der Waals surface area contributed by atoms with E-state index in [-0.39, 0.29) is 0 Å². The van der Waals surface area contributed by atoms with Crippen LogP contribution in [0.2, 0.25) is 0 Å². The highest BCUT2D eigenvalue weighted by Gasteiger charge is 2.14. The summed E-state index contributed by atoms with van der Waals surface area (Å²) in [6.07, 6.45) is 3.14. The maximum Gasteiger partial charge on any atom is 0.330 e. The van der Waals surface area contributed by atoms with Gasteiger partial charge in [-0.3, -0.25) is 0 Å². The second-order valence-electron chi connectivity index (χ2n) is 5.56. The van der Waals surface area contributed by atoms with Gasteiger partial charge in [-0.15, -0.1) is 0 Å². The number of hydrogen-bond acceptors (Lipinski definition) is 4. The summed E-state index contributed by atoms with van der Waals surface area (Å²) in [5, 5.41) is 0. The molecule has 3 aromatic rings. The maximum absolute atomic E-state index is 11.6. The lowest BCUT2D eigenvalue weighted by molar-refractivity contribution is -0.134. The highest BCUT2D eigenvalue weighted by atomic mass is 16.5. The van der Waals surface area contributed by atoms with Crippen LogP contribution in [0.4, 0.5) is 0 Å². The van der Waals surface area contributed by atoms with Crippen molar-refractivity contribution in [2.24, 2.45) is 0 Å². The summed E-state index contributed by atoms with van der Waals surface area (Å²) in [4.78, 5) is 16.3. The van der Waals surface area contributed by atoms with Crippen molar-refractivity contribution in [2.45, 2.75) is 0 Å². The number of benzene rings is 2. The first-order valence-corrected chi connectivity index (χ1v) is 8.19. The molecule has 130 valence electrons. The van der Waals surface area contributed by atoms with Crippen molar-refractivity contribution in [2.75, 3.05) is 14.2 Å². The molecule has 0 unspecified atom stereocenters. The molecule has 1 heterocycles. The number of esters is 1. The van der Waals surface area contributed by atoms with E-state index in [0.717, 1.165) is 27.9 Å². The summed E-state index contributed by atoms with van der Waals surface area (Å²) in [6, 6.07) is 21.6. The van der Waals surface area contributed by atoms with Crippen molar-refractivity contribution >= 4 is 12.0 Å². The number of nitrogens with zero attached hydrogens (tertiary/aromatic N) is 1. The maximum atomic E-state index is 11.6. The topological polar surface area (TPSA) is 48.4 Å². The van der Waals surface area contributed by atoms with E-state index in [1.807, 2.05) is 66.7 Å². The van der Waals surface area contributed by atoms with Crippen molar-refractivity contribution in [3.63, 3.8) is 0 Å². The molecule has 0 saturated heterocycles. The first kappa shape index (κ1) is 17.4. The van der Waals surface area contributed by atoms with E-state index in [1.165, 1.54) is 13.2 Å². The molecule has 26 heavy (non-hydrogen) atoms. The first-order chi connectivity index (χ1) is 12.7. The molecule has 3 rings (SSSR count). The second-order valence-corrected chi connectivity index (χ2v) is 5.56. The molecule has 4 heteroatoms. The Labute approximate surface area is 152 Å². The minimum absolute atomic E-state index is 0.418. The summed E-state index contributed by atoms with van der Waals surface area (Å²) in [7, 11) is 2.95. The zero-order valence-corrected chi connectivity index (χ0v) is 14.7. The monoisotopic (exact) mass is 345 g/mol. The summed E-state index contributed by atoms with van der Waals surface area (Å²) >= 11 is 0. The summed E-state index contributed by atoms with van der Waals surface area (Å²) in [5.41, 5.74) is 4.44. The van der Waals surface area contributed by atoms with Crippen LogP contribution in [0.3, 0.4) is 0 Å². The highest BCUT2D eigenvalue weighted by molar-refractivity contribution is 5.92. The van der Waals surface area contributed by atoms with Crippen LogP contribution in [-0.4, -0.2) is 25.2 Å². The zero-order chi connectivity index (χ0) is 18.4. The van der Waals surface area contributed by atoms with Crippen molar-refractivity contribution in [3.05, 3.63) is 78.4 Å². The molecular formula is C22H19NO3. The fourth-order valence-electron chi connectivity index (χ4n) is 2.70. The molecule has 0 spiro atoms. The molecule has 1 aromatic heterocycles. The molecule has 0 aliphatic rings. The molecule has 2 aromatic carbocycles. The first-order valence-electron chi connectivity index (χ1n) is 8.19. The predicted molar refractivity (Wildman–Crippen MR) is 103 cm³/mol. The Balaban J connectivity index is 2.28. The minimum Gasteiger partial charge on any atom is -0.481 e. The Kier molecular flexibility index (Phi) is 5.44. The number of methoxy groups -OCH3 is 2. The summed E-state index contributed by atoms with van der Waals surface area (Å²) in [5.74, 6) is 0.0942. The van der Waals surface area contributed by atoms with Crippen LogP contribution in [0, 0.1) is 0 Å². The molecule has 0 saturated carbocycles. The van der Waals surface area contributed by atoms with Gasteiger partial charge in [-0.05, 0) is 17.2 Å². The molecule has 0 aliphatic heterocycles. The van der Waals surface area contributed by atoms with Crippen molar-refractivity contribution in [1.29, 1.82) is 0 Å². The largest absolute Gasteiger partial charge is 0.481 e. The van der Waals surface area contributed by atoms with Gasteiger partial charge in [0.05, 0.1) is 19.9 Å². The van der Waals surface area contributed by atoms with Crippen molar-refractivity contribution in [1.82, 2.24) is 4.98 Å². The fraction of sp³-hybridized carbons (Fsp3) is 0.0909. The van der Waals surface area contributed by atoms with Gasteiger partial charge in [0.1, 0.15) is 0 Å². The number of carbonyl (C=O) groups excluding carboxylic acids is 1. The average molecular weight is 345 g/mol. The quantitative estimate of drug-likeness (QED) is 0.500. The average Bonchev–Trinajstić information content (AvgIpc) is 2.72. The molecule has 0 atom stereocenters. The molecule has 0 N–H and O–H groups in total. The van der Waals surface area contributed by atoms with Crippen LogP contribution in [0.25, 0.3) is 28.5 Å². The zero-order valence-electron chi connectivity index (χ0n) is 14.7. The van der Waals surface area contributed by atoms with E-state index in [4.69, 9.17) is 9.47 Å². The minimum atomic E-state index is -0.418. The molecule has 0 aliphatic carbocycles. The van der Waals surface area contributed by atoms with Gasteiger partial charge in [0.25, 0.3) is 0 Å². The van der Waals surface area contributed by atoms with Gasteiger partial charge in [0, 0.05) is 23.3 Å². The van der Waals surface area contributed by atoms with Crippen LogP contribution in [-0.2, 0) is 9.53 Å². The number of carbonyl (C=O) groups is 1. The number of pyridine rings is 1. The summed E-state index contributed by atoms with van der Waals surface area (Å²) < 4.78 is 10.2. The third-order valence-corrected chi connectivity index (χ3v) is 3.96.